The normalized spacial score (nSPS) is 9.81. The van der Waals surface area contributed by atoms with Crippen LogP contribution in [0.4, 0.5) is 0 Å². The van der Waals surface area contributed by atoms with Crippen LogP contribution < -0.4 is 15.9 Å². The topological polar surface area (TPSA) is 17.1 Å². The first kappa shape index (κ1) is 23.0. The van der Waals surface area contributed by atoms with E-state index in [1.54, 1.807) is 19.1 Å². The summed E-state index contributed by atoms with van der Waals surface area (Å²) >= 11 is 2.14. The van der Waals surface area contributed by atoms with Gasteiger partial charge in [0.05, 0.1) is 0 Å². The summed E-state index contributed by atoms with van der Waals surface area (Å²) in [5.41, 5.74) is 1.59. The van der Waals surface area contributed by atoms with Gasteiger partial charge in [-0.2, -0.15) is 0 Å². The van der Waals surface area contributed by atoms with Gasteiger partial charge in [0.1, 0.15) is 0 Å². The Balaban J connectivity index is 0.000000196. The molecule has 0 heterocycles. The van der Waals surface area contributed by atoms with Gasteiger partial charge in [0.2, 0.25) is 0 Å². The minimum atomic E-state index is -0.446. The molecule has 0 bridgehead atoms. The third-order valence-corrected chi connectivity index (χ3v) is 7.21. The quantitative estimate of drug-likeness (QED) is 0.136. The standard InChI is InChI=1S/C18H15P.C10H7O.Au/c1-4-10-16(11-5-1)19(17-12-6-2-7-13-17)18-14-8-3-9-15-18;1-3-9-5-4-6-10(7-9)8(2)11;/h1-15H;4-7H,2H3;. The molecular weight excluding hydrogens is 580 g/mol. The molecule has 0 fully saturated rings. The molecule has 0 radical (unpaired) electrons. The molecule has 4 rings (SSSR count). The van der Waals surface area contributed by atoms with Gasteiger partial charge in [0, 0.05) is 0 Å². The predicted octanol–water partition coefficient (Wildman–Crippen LogP) is 5.19. The van der Waals surface area contributed by atoms with Gasteiger partial charge in [-0.05, 0) is 23.8 Å². The number of Topliss-reactive ketones (excluding diaryl/α,β-unsaturated/α-hetero) is 1. The fourth-order valence-electron chi connectivity index (χ4n) is 3.04. The molecule has 0 saturated carbocycles. The number of ketones is 1. The van der Waals surface area contributed by atoms with Crippen LogP contribution in [0.2, 0.25) is 0 Å². The van der Waals surface area contributed by atoms with Gasteiger partial charge < -0.3 is 0 Å². The average Bonchev–Trinajstić information content (AvgIpc) is 2.82. The minimum absolute atomic E-state index is 0.0739. The summed E-state index contributed by atoms with van der Waals surface area (Å²) < 4.78 is 2.73. The molecule has 1 nitrogen and oxygen atoms in total. The monoisotopic (exact) mass is 602 g/mol. The maximum Gasteiger partial charge on any atom is -0.0134 e. The average molecular weight is 602 g/mol. The summed E-state index contributed by atoms with van der Waals surface area (Å²) in [4.78, 5) is 11.0. The van der Waals surface area contributed by atoms with E-state index < -0.39 is 7.92 Å². The van der Waals surface area contributed by atoms with Gasteiger partial charge >= 0.3 is 84.0 Å². The summed E-state index contributed by atoms with van der Waals surface area (Å²) in [6, 6.07) is 39.6. The van der Waals surface area contributed by atoms with E-state index in [1.165, 1.54) is 15.9 Å². The van der Waals surface area contributed by atoms with E-state index in [-0.39, 0.29) is 5.78 Å². The molecule has 0 saturated heterocycles. The predicted molar refractivity (Wildman–Crippen MR) is 128 cm³/mol. The van der Waals surface area contributed by atoms with Crippen LogP contribution in [0.25, 0.3) is 0 Å². The van der Waals surface area contributed by atoms with Crippen molar-refractivity contribution in [1.29, 1.82) is 0 Å². The van der Waals surface area contributed by atoms with Crippen LogP contribution >= 0.6 is 7.92 Å². The summed E-state index contributed by atoms with van der Waals surface area (Å²) in [6.45, 7) is 1.55. The number of hydrogen-bond acceptors (Lipinski definition) is 1. The first-order valence-electron chi connectivity index (χ1n) is 9.83. The maximum absolute atomic E-state index is 11.0. The van der Waals surface area contributed by atoms with Gasteiger partial charge in [-0.25, -0.2) is 0 Å². The third kappa shape index (κ3) is 6.90. The molecule has 0 aliphatic carbocycles. The van der Waals surface area contributed by atoms with Crippen LogP contribution in [0.5, 0.6) is 0 Å². The first-order chi connectivity index (χ1) is 15.2. The smallest absolute Gasteiger partial charge is 0.0134 e. The molecule has 4 aromatic carbocycles. The Kier molecular flexibility index (Phi) is 9.04. The number of carbonyl (C=O) groups is 1. The van der Waals surface area contributed by atoms with E-state index in [0.29, 0.717) is 5.56 Å². The zero-order valence-corrected chi connectivity index (χ0v) is 20.2. The number of rotatable bonds is 4. The van der Waals surface area contributed by atoms with Crippen molar-refractivity contribution in [3.05, 3.63) is 126 Å². The minimum Gasteiger partial charge on any atom is -0.0622 e. The largest absolute Gasteiger partial charge is 0.0622 e. The Morgan fingerprint density at radius 3 is 1.52 bits per heavy atom. The van der Waals surface area contributed by atoms with Gasteiger partial charge in [0.25, 0.3) is 0 Å². The van der Waals surface area contributed by atoms with Crippen LogP contribution in [0, 0.1) is 10.1 Å². The number of benzene rings is 4. The van der Waals surface area contributed by atoms with Gasteiger partial charge in [0.15, 0.2) is 0 Å². The SMILES string of the molecule is CC(=O)c1cccc(C#[C][Au])c1.c1ccc(P(c2ccccc2)c2ccccc2)cc1. The van der Waals surface area contributed by atoms with Gasteiger partial charge in [-0.3, -0.25) is 0 Å². The Hall–Kier alpha value is -2.72. The summed E-state index contributed by atoms with van der Waals surface area (Å²) in [7, 11) is -0.446. The molecule has 3 heteroatoms. The van der Waals surface area contributed by atoms with E-state index in [1.807, 2.05) is 12.1 Å². The summed E-state index contributed by atoms with van der Waals surface area (Å²) in [5, 5.41) is 4.19. The van der Waals surface area contributed by atoms with Crippen molar-refractivity contribution in [1.82, 2.24) is 0 Å². The molecule has 0 aliphatic heterocycles. The van der Waals surface area contributed by atoms with E-state index in [9.17, 15) is 4.79 Å². The summed E-state index contributed by atoms with van der Waals surface area (Å²) in [5.74, 6) is 2.95. The molecule has 4 aromatic rings. The molecule has 0 aliphatic rings. The van der Waals surface area contributed by atoms with Gasteiger partial charge in [-0.15, -0.1) is 0 Å². The van der Waals surface area contributed by atoms with Crippen LogP contribution in [0.1, 0.15) is 22.8 Å². The Morgan fingerprint density at radius 1 is 0.677 bits per heavy atom. The van der Waals surface area contributed by atoms with Gasteiger partial charge in [-0.1, -0.05) is 91.0 Å². The van der Waals surface area contributed by atoms with Crippen molar-refractivity contribution in [2.45, 2.75) is 6.92 Å². The van der Waals surface area contributed by atoms with Crippen LogP contribution in [0.15, 0.2) is 115 Å². The second-order valence-electron chi connectivity index (χ2n) is 6.68. The molecule has 31 heavy (non-hydrogen) atoms. The molecule has 0 unspecified atom stereocenters. The molecular formula is C28H22AuOP. The summed E-state index contributed by atoms with van der Waals surface area (Å²) in [6.07, 6.45) is 0. The van der Waals surface area contributed by atoms with Crippen molar-refractivity contribution >= 4 is 29.6 Å². The van der Waals surface area contributed by atoms with Crippen LogP contribution in [0.3, 0.4) is 0 Å². The van der Waals surface area contributed by atoms with Crippen LogP contribution in [-0.2, 0) is 21.1 Å². The van der Waals surface area contributed by atoms with Crippen molar-refractivity contribution in [3.8, 4) is 10.1 Å². The molecule has 0 spiro atoms. The van der Waals surface area contributed by atoms with Crippen molar-refractivity contribution in [2.75, 3.05) is 0 Å². The fraction of sp³-hybridized carbons (Fsp3) is 0.0357. The Morgan fingerprint density at radius 2 is 1.13 bits per heavy atom. The zero-order valence-electron chi connectivity index (χ0n) is 17.1. The van der Waals surface area contributed by atoms with E-state index >= 15 is 0 Å². The molecule has 0 aromatic heterocycles. The van der Waals surface area contributed by atoms with Crippen molar-refractivity contribution in [2.24, 2.45) is 0 Å². The Labute approximate surface area is 198 Å². The Bertz CT molecular complexity index is 1070. The van der Waals surface area contributed by atoms with E-state index in [0.717, 1.165) is 5.56 Å². The molecule has 0 atom stereocenters. The van der Waals surface area contributed by atoms with Crippen molar-refractivity contribution < 1.29 is 25.9 Å². The zero-order chi connectivity index (χ0) is 21.9. The van der Waals surface area contributed by atoms with Crippen molar-refractivity contribution in [3.63, 3.8) is 0 Å². The number of carbonyl (C=O) groups excluding carboxylic acids is 1. The fourth-order valence-corrected chi connectivity index (χ4v) is 5.66. The first-order valence-corrected chi connectivity index (χ1v) is 12.3. The maximum atomic E-state index is 11.0. The molecule has 0 amide bonds. The van der Waals surface area contributed by atoms with Crippen LogP contribution in [-0.4, -0.2) is 5.78 Å². The second kappa shape index (κ2) is 12.2. The number of hydrogen-bond donors (Lipinski definition) is 0. The molecule has 0 N–H and O–H groups in total. The molecule has 156 valence electrons. The second-order valence-corrected chi connectivity index (χ2v) is 9.44. The van der Waals surface area contributed by atoms with E-state index in [4.69, 9.17) is 0 Å². The van der Waals surface area contributed by atoms with E-state index in [2.05, 4.69) is 122 Å². The third-order valence-electron chi connectivity index (χ3n) is 4.49.